The third-order valence-corrected chi connectivity index (χ3v) is 3.55. The van der Waals surface area contributed by atoms with Crippen LogP contribution in [0.3, 0.4) is 0 Å². The molecular formula is C21H16FNO. The van der Waals surface area contributed by atoms with Crippen LogP contribution in [0.4, 0.5) is 10.1 Å². The number of hydrogen-bond acceptors (Lipinski definition) is 1. The van der Waals surface area contributed by atoms with Crippen molar-refractivity contribution in [2.24, 2.45) is 0 Å². The molecule has 0 spiro atoms. The Hall–Kier alpha value is -3.20. The van der Waals surface area contributed by atoms with Crippen LogP contribution in [-0.2, 0) is 4.79 Å². The molecule has 1 amide bonds. The van der Waals surface area contributed by atoms with Gasteiger partial charge in [-0.05, 0) is 35.4 Å². The molecular weight excluding hydrogens is 301 g/mol. The van der Waals surface area contributed by atoms with Crippen LogP contribution in [0.25, 0.3) is 17.2 Å². The first-order valence-corrected chi connectivity index (χ1v) is 7.61. The van der Waals surface area contributed by atoms with Gasteiger partial charge < -0.3 is 5.32 Å². The summed E-state index contributed by atoms with van der Waals surface area (Å²) in [5.41, 5.74) is 3.35. The first-order valence-electron chi connectivity index (χ1n) is 7.61. The van der Waals surface area contributed by atoms with E-state index < -0.39 is 0 Å². The molecule has 118 valence electrons. The van der Waals surface area contributed by atoms with E-state index in [4.69, 9.17) is 0 Å². The lowest BCUT2D eigenvalue weighted by Crippen LogP contribution is -2.08. The van der Waals surface area contributed by atoms with Gasteiger partial charge in [0.05, 0.1) is 0 Å². The molecule has 0 aliphatic carbocycles. The Morgan fingerprint density at radius 1 is 0.875 bits per heavy atom. The molecule has 0 aliphatic heterocycles. The Labute approximate surface area is 140 Å². The first kappa shape index (κ1) is 15.7. The normalized spacial score (nSPS) is 10.7. The molecule has 0 radical (unpaired) electrons. The minimum absolute atomic E-state index is 0.261. The number of nitrogens with one attached hydrogen (secondary N) is 1. The summed E-state index contributed by atoms with van der Waals surface area (Å²) in [6.45, 7) is 0. The molecule has 3 heteroatoms. The van der Waals surface area contributed by atoms with E-state index in [0.29, 0.717) is 5.56 Å². The van der Waals surface area contributed by atoms with Crippen LogP contribution in [0.15, 0.2) is 84.9 Å². The van der Waals surface area contributed by atoms with Crippen LogP contribution in [0.2, 0.25) is 0 Å². The number of rotatable bonds is 4. The molecule has 0 heterocycles. The van der Waals surface area contributed by atoms with Crippen LogP contribution >= 0.6 is 0 Å². The summed E-state index contributed by atoms with van der Waals surface area (Å²) >= 11 is 0. The van der Waals surface area contributed by atoms with Crippen LogP contribution < -0.4 is 5.32 Å². The zero-order valence-corrected chi connectivity index (χ0v) is 12.9. The minimum Gasteiger partial charge on any atom is -0.322 e. The molecule has 0 aromatic heterocycles. The molecule has 2 nitrogen and oxygen atoms in total. The molecule has 0 saturated heterocycles. The lowest BCUT2D eigenvalue weighted by molar-refractivity contribution is -0.111. The Bertz CT molecular complexity index is 872. The van der Waals surface area contributed by atoms with Crippen molar-refractivity contribution in [3.05, 3.63) is 96.3 Å². The van der Waals surface area contributed by atoms with E-state index in [1.165, 1.54) is 18.2 Å². The van der Waals surface area contributed by atoms with Gasteiger partial charge in [-0.2, -0.15) is 0 Å². The van der Waals surface area contributed by atoms with E-state index in [2.05, 4.69) is 5.32 Å². The monoisotopic (exact) mass is 317 g/mol. The van der Waals surface area contributed by atoms with Crippen molar-refractivity contribution in [2.45, 2.75) is 0 Å². The number of anilines is 1. The maximum absolute atomic E-state index is 13.1. The lowest BCUT2D eigenvalue weighted by atomic mass is 10.0. The van der Waals surface area contributed by atoms with Crippen molar-refractivity contribution in [1.29, 1.82) is 0 Å². The number of halogens is 1. The van der Waals surface area contributed by atoms with Crippen LogP contribution in [0, 0.1) is 5.82 Å². The van der Waals surface area contributed by atoms with E-state index in [9.17, 15) is 9.18 Å². The summed E-state index contributed by atoms with van der Waals surface area (Å²) in [6.07, 6.45) is 2.99. The van der Waals surface area contributed by atoms with Gasteiger partial charge in [0.25, 0.3) is 0 Å². The predicted octanol–water partition coefficient (Wildman–Crippen LogP) is 5.14. The molecule has 0 bridgehead atoms. The standard InChI is InChI=1S/C21H16FNO/c22-18-10-6-7-16(15-18)13-14-21(24)23-20-12-5-4-11-19(20)17-8-2-1-3-9-17/h1-15H,(H,23,24). The van der Waals surface area contributed by atoms with Crippen LogP contribution in [0.5, 0.6) is 0 Å². The van der Waals surface area contributed by atoms with Gasteiger partial charge in [0.15, 0.2) is 0 Å². The minimum atomic E-state index is -0.327. The van der Waals surface area contributed by atoms with Crippen molar-refractivity contribution in [2.75, 3.05) is 5.32 Å². The van der Waals surface area contributed by atoms with E-state index in [0.717, 1.165) is 16.8 Å². The fourth-order valence-corrected chi connectivity index (χ4v) is 2.42. The number of benzene rings is 3. The molecule has 3 aromatic carbocycles. The maximum atomic E-state index is 13.1. The molecule has 1 N–H and O–H groups in total. The molecule has 0 saturated carbocycles. The third-order valence-electron chi connectivity index (χ3n) is 3.55. The molecule has 3 rings (SSSR count). The van der Waals surface area contributed by atoms with Gasteiger partial charge in [-0.25, -0.2) is 4.39 Å². The van der Waals surface area contributed by atoms with Crippen molar-refractivity contribution in [3.63, 3.8) is 0 Å². The average Bonchev–Trinajstić information content (AvgIpc) is 2.61. The summed E-state index contributed by atoms with van der Waals surface area (Å²) in [7, 11) is 0. The van der Waals surface area contributed by atoms with E-state index in [-0.39, 0.29) is 11.7 Å². The molecule has 3 aromatic rings. The SMILES string of the molecule is O=C(C=Cc1cccc(F)c1)Nc1ccccc1-c1ccccc1. The van der Waals surface area contributed by atoms with Gasteiger partial charge in [0.1, 0.15) is 5.82 Å². The Morgan fingerprint density at radius 3 is 2.42 bits per heavy atom. The summed E-state index contributed by atoms with van der Waals surface area (Å²) in [6, 6.07) is 23.6. The number of amides is 1. The van der Waals surface area contributed by atoms with Crippen molar-refractivity contribution in [3.8, 4) is 11.1 Å². The summed E-state index contributed by atoms with van der Waals surface area (Å²) in [4.78, 5) is 12.2. The maximum Gasteiger partial charge on any atom is 0.248 e. The van der Waals surface area contributed by atoms with Gasteiger partial charge >= 0.3 is 0 Å². The second kappa shape index (κ2) is 7.38. The number of carbonyl (C=O) groups is 1. The van der Waals surface area contributed by atoms with Crippen molar-refractivity contribution < 1.29 is 9.18 Å². The Balaban J connectivity index is 1.78. The van der Waals surface area contributed by atoms with Gasteiger partial charge in [-0.15, -0.1) is 0 Å². The van der Waals surface area contributed by atoms with E-state index in [1.54, 1.807) is 18.2 Å². The average molecular weight is 317 g/mol. The smallest absolute Gasteiger partial charge is 0.248 e. The van der Waals surface area contributed by atoms with Crippen molar-refractivity contribution >= 4 is 17.7 Å². The zero-order chi connectivity index (χ0) is 16.8. The molecule has 0 aliphatic rings. The topological polar surface area (TPSA) is 29.1 Å². The number of carbonyl (C=O) groups excluding carboxylic acids is 1. The third kappa shape index (κ3) is 3.96. The predicted molar refractivity (Wildman–Crippen MR) is 95.9 cm³/mol. The Kier molecular flexibility index (Phi) is 4.82. The molecule has 0 unspecified atom stereocenters. The highest BCUT2D eigenvalue weighted by molar-refractivity contribution is 6.04. The van der Waals surface area contributed by atoms with Gasteiger partial charge in [-0.1, -0.05) is 60.7 Å². The van der Waals surface area contributed by atoms with Gasteiger partial charge in [0.2, 0.25) is 5.91 Å². The van der Waals surface area contributed by atoms with Gasteiger partial charge in [-0.3, -0.25) is 4.79 Å². The highest BCUT2D eigenvalue weighted by Crippen LogP contribution is 2.27. The summed E-state index contributed by atoms with van der Waals surface area (Å²) in [5, 5.41) is 2.87. The fraction of sp³-hybridized carbons (Fsp3) is 0. The first-order chi connectivity index (χ1) is 11.7. The zero-order valence-electron chi connectivity index (χ0n) is 12.9. The summed E-state index contributed by atoms with van der Waals surface area (Å²) < 4.78 is 13.1. The van der Waals surface area contributed by atoms with Crippen LogP contribution in [-0.4, -0.2) is 5.91 Å². The van der Waals surface area contributed by atoms with Crippen LogP contribution in [0.1, 0.15) is 5.56 Å². The highest BCUT2D eigenvalue weighted by Gasteiger charge is 2.06. The molecule has 0 atom stereocenters. The second-order valence-electron chi connectivity index (χ2n) is 5.29. The van der Waals surface area contributed by atoms with Crippen molar-refractivity contribution in [1.82, 2.24) is 0 Å². The van der Waals surface area contributed by atoms with Gasteiger partial charge in [0, 0.05) is 17.3 Å². The fourth-order valence-electron chi connectivity index (χ4n) is 2.42. The number of hydrogen-bond donors (Lipinski definition) is 1. The quantitative estimate of drug-likeness (QED) is 0.663. The highest BCUT2D eigenvalue weighted by atomic mass is 19.1. The van der Waals surface area contributed by atoms with E-state index >= 15 is 0 Å². The van der Waals surface area contributed by atoms with E-state index in [1.807, 2.05) is 54.6 Å². The second-order valence-corrected chi connectivity index (χ2v) is 5.29. The molecule has 24 heavy (non-hydrogen) atoms. The lowest BCUT2D eigenvalue weighted by Gasteiger charge is -2.10. The molecule has 0 fully saturated rings. The largest absolute Gasteiger partial charge is 0.322 e. The Morgan fingerprint density at radius 2 is 1.62 bits per heavy atom. The summed E-state index contributed by atoms with van der Waals surface area (Å²) in [5.74, 6) is -0.588. The number of para-hydroxylation sites is 1.